The molecule has 1 saturated carbocycles. The molecule has 0 aromatic heterocycles. The Balaban J connectivity index is 0.00000400. The number of amides is 1. The Labute approximate surface area is 134 Å². The summed E-state index contributed by atoms with van der Waals surface area (Å²) in [5.74, 6) is 0.0186. The van der Waals surface area contributed by atoms with E-state index in [1.165, 1.54) is 6.42 Å². The van der Waals surface area contributed by atoms with E-state index in [0.29, 0.717) is 19.5 Å². The van der Waals surface area contributed by atoms with Crippen molar-refractivity contribution >= 4 is 28.3 Å². The average molecular weight is 342 g/mol. The molecule has 0 spiro atoms. The molecule has 1 rings (SSSR count). The summed E-state index contributed by atoms with van der Waals surface area (Å²) in [5, 5.41) is 2.76. The SMILES string of the molecule is CCS(=O)(=O)NCCNC(=O)CC1(CN)CCCCC1.Cl. The first-order valence-electron chi connectivity index (χ1n) is 7.37. The molecule has 4 N–H and O–H groups in total. The second kappa shape index (κ2) is 9.61. The summed E-state index contributed by atoms with van der Waals surface area (Å²) >= 11 is 0. The lowest BCUT2D eigenvalue weighted by atomic mass is 9.71. The van der Waals surface area contributed by atoms with Crippen molar-refractivity contribution in [1.29, 1.82) is 0 Å². The van der Waals surface area contributed by atoms with Gasteiger partial charge in [0, 0.05) is 19.5 Å². The van der Waals surface area contributed by atoms with Gasteiger partial charge in [-0.05, 0) is 31.7 Å². The van der Waals surface area contributed by atoms with Crippen LogP contribution in [0, 0.1) is 5.41 Å². The third-order valence-electron chi connectivity index (χ3n) is 4.03. The largest absolute Gasteiger partial charge is 0.355 e. The fourth-order valence-corrected chi connectivity index (χ4v) is 3.29. The van der Waals surface area contributed by atoms with Gasteiger partial charge in [0.2, 0.25) is 15.9 Å². The molecule has 0 unspecified atom stereocenters. The third-order valence-corrected chi connectivity index (χ3v) is 5.44. The van der Waals surface area contributed by atoms with Crippen molar-refractivity contribution in [2.75, 3.05) is 25.4 Å². The lowest BCUT2D eigenvalue weighted by molar-refractivity contribution is -0.123. The van der Waals surface area contributed by atoms with Crippen LogP contribution in [0.25, 0.3) is 0 Å². The van der Waals surface area contributed by atoms with Crippen LogP contribution in [0.3, 0.4) is 0 Å². The molecule has 0 saturated heterocycles. The van der Waals surface area contributed by atoms with Gasteiger partial charge in [-0.15, -0.1) is 12.4 Å². The number of nitrogens with one attached hydrogen (secondary N) is 2. The predicted octanol–water partition coefficient (Wildman–Crippen LogP) is 0.763. The minimum absolute atomic E-state index is 0. The van der Waals surface area contributed by atoms with E-state index in [-0.39, 0.29) is 36.0 Å². The van der Waals surface area contributed by atoms with E-state index >= 15 is 0 Å². The molecule has 0 atom stereocenters. The number of carbonyl (C=O) groups is 1. The van der Waals surface area contributed by atoms with Crippen molar-refractivity contribution in [2.24, 2.45) is 11.1 Å². The first-order chi connectivity index (χ1) is 9.43. The van der Waals surface area contributed by atoms with Gasteiger partial charge in [0.1, 0.15) is 0 Å². The second-order valence-corrected chi connectivity index (χ2v) is 7.68. The quantitative estimate of drug-likeness (QED) is 0.567. The summed E-state index contributed by atoms with van der Waals surface area (Å²) in [6.07, 6.45) is 5.98. The molecule has 0 heterocycles. The Morgan fingerprint density at radius 2 is 1.81 bits per heavy atom. The number of halogens is 1. The van der Waals surface area contributed by atoms with Crippen LogP contribution in [-0.4, -0.2) is 39.7 Å². The van der Waals surface area contributed by atoms with Crippen molar-refractivity contribution in [3.8, 4) is 0 Å². The van der Waals surface area contributed by atoms with Crippen molar-refractivity contribution in [1.82, 2.24) is 10.0 Å². The maximum Gasteiger partial charge on any atom is 0.220 e. The fourth-order valence-electron chi connectivity index (χ4n) is 2.67. The number of hydrogen-bond acceptors (Lipinski definition) is 4. The van der Waals surface area contributed by atoms with E-state index in [4.69, 9.17) is 5.73 Å². The first kappa shape index (κ1) is 20.6. The molecule has 0 aromatic rings. The van der Waals surface area contributed by atoms with Gasteiger partial charge >= 0.3 is 0 Å². The highest BCUT2D eigenvalue weighted by Gasteiger charge is 2.32. The molecule has 21 heavy (non-hydrogen) atoms. The Kier molecular flexibility index (Phi) is 9.44. The van der Waals surface area contributed by atoms with Gasteiger partial charge in [0.15, 0.2) is 0 Å². The molecule has 126 valence electrons. The fraction of sp³-hybridized carbons (Fsp3) is 0.923. The minimum atomic E-state index is -3.18. The van der Waals surface area contributed by atoms with E-state index < -0.39 is 10.0 Å². The zero-order valence-corrected chi connectivity index (χ0v) is 14.3. The molecule has 0 bridgehead atoms. The predicted molar refractivity (Wildman–Crippen MR) is 86.9 cm³/mol. The van der Waals surface area contributed by atoms with E-state index in [1.807, 2.05) is 0 Å². The highest BCUT2D eigenvalue weighted by Crippen LogP contribution is 2.38. The standard InChI is InChI=1S/C13H27N3O3S.ClH/c1-2-20(18,19)16-9-8-15-12(17)10-13(11-14)6-4-3-5-7-13;/h16H,2-11,14H2,1H3,(H,15,17);1H. The van der Waals surface area contributed by atoms with Crippen LogP contribution < -0.4 is 15.8 Å². The molecule has 1 aliphatic rings. The normalized spacial score (nSPS) is 17.8. The topological polar surface area (TPSA) is 101 Å². The first-order valence-corrected chi connectivity index (χ1v) is 9.02. The van der Waals surface area contributed by atoms with E-state index in [9.17, 15) is 13.2 Å². The summed E-state index contributed by atoms with van der Waals surface area (Å²) < 4.78 is 24.9. The van der Waals surface area contributed by atoms with Gasteiger partial charge in [-0.2, -0.15) is 0 Å². The smallest absolute Gasteiger partial charge is 0.220 e. The van der Waals surface area contributed by atoms with Crippen LogP contribution in [-0.2, 0) is 14.8 Å². The number of hydrogen-bond donors (Lipinski definition) is 3. The van der Waals surface area contributed by atoms with E-state index in [0.717, 1.165) is 25.7 Å². The lowest BCUT2D eigenvalue weighted by Crippen LogP contribution is -2.40. The maximum absolute atomic E-state index is 11.9. The number of rotatable bonds is 8. The molecule has 6 nitrogen and oxygen atoms in total. The zero-order valence-electron chi connectivity index (χ0n) is 12.7. The number of carbonyl (C=O) groups excluding carboxylic acids is 1. The molecular weight excluding hydrogens is 314 g/mol. The van der Waals surface area contributed by atoms with Crippen LogP contribution in [0.5, 0.6) is 0 Å². The lowest BCUT2D eigenvalue weighted by Gasteiger charge is -2.35. The van der Waals surface area contributed by atoms with Gasteiger partial charge in [-0.25, -0.2) is 13.1 Å². The van der Waals surface area contributed by atoms with Crippen molar-refractivity contribution in [2.45, 2.75) is 45.4 Å². The number of nitrogens with two attached hydrogens (primary N) is 1. The number of sulfonamides is 1. The van der Waals surface area contributed by atoms with Gasteiger partial charge < -0.3 is 11.1 Å². The minimum Gasteiger partial charge on any atom is -0.355 e. The summed E-state index contributed by atoms with van der Waals surface area (Å²) in [7, 11) is -3.18. The molecular formula is C13H28ClN3O3S. The van der Waals surface area contributed by atoms with E-state index in [1.54, 1.807) is 6.92 Å². The molecule has 0 radical (unpaired) electrons. The van der Waals surface area contributed by atoms with Crippen LogP contribution >= 0.6 is 12.4 Å². The zero-order chi connectivity index (χ0) is 15.1. The Bertz CT molecular complexity index is 409. The van der Waals surface area contributed by atoms with Gasteiger partial charge in [-0.1, -0.05) is 19.3 Å². The summed E-state index contributed by atoms with van der Waals surface area (Å²) in [6, 6.07) is 0. The molecule has 8 heteroatoms. The van der Waals surface area contributed by atoms with Crippen LogP contribution in [0.4, 0.5) is 0 Å². The van der Waals surface area contributed by atoms with Crippen LogP contribution in [0.15, 0.2) is 0 Å². The van der Waals surface area contributed by atoms with Gasteiger partial charge in [-0.3, -0.25) is 4.79 Å². The van der Waals surface area contributed by atoms with Crippen molar-refractivity contribution < 1.29 is 13.2 Å². The van der Waals surface area contributed by atoms with Crippen molar-refractivity contribution in [3.05, 3.63) is 0 Å². The van der Waals surface area contributed by atoms with Crippen LogP contribution in [0.1, 0.15) is 45.4 Å². The molecule has 1 amide bonds. The summed E-state index contributed by atoms with van der Waals surface area (Å²) in [6.45, 7) is 2.67. The maximum atomic E-state index is 11.9. The summed E-state index contributed by atoms with van der Waals surface area (Å²) in [5.41, 5.74) is 5.79. The monoisotopic (exact) mass is 341 g/mol. The van der Waals surface area contributed by atoms with Gasteiger partial charge in [0.05, 0.1) is 5.75 Å². The average Bonchev–Trinajstić information content (AvgIpc) is 2.44. The molecule has 1 aliphatic carbocycles. The van der Waals surface area contributed by atoms with Gasteiger partial charge in [0.25, 0.3) is 0 Å². The molecule has 0 aliphatic heterocycles. The Morgan fingerprint density at radius 1 is 1.19 bits per heavy atom. The summed E-state index contributed by atoms with van der Waals surface area (Å²) in [4.78, 5) is 11.9. The van der Waals surface area contributed by atoms with E-state index in [2.05, 4.69) is 10.0 Å². The Hall–Kier alpha value is -0.370. The Morgan fingerprint density at radius 3 is 2.33 bits per heavy atom. The van der Waals surface area contributed by atoms with Crippen LogP contribution in [0.2, 0.25) is 0 Å². The molecule has 0 aromatic carbocycles. The second-order valence-electron chi connectivity index (χ2n) is 5.59. The van der Waals surface area contributed by atoms with Crippen molar-refractivity contribution in [3.63, 3.8) is 0 Å². The molecule has 1 fully saturated rings. The third kappa shape index (κ3) is 7.44. The highest BCUT2D eigenvalue weighted by molar-refractivity contribution is 7.89. The highest BCUT2D eigenvalue weighted by atomic mass is 35.5.